The van der Waals surface area contributed by atoms with Crippen LogP contribution < -0.4 is 20.7 Å². The summed E-state index contributed by atoms with van der Waals surface area (Å²) >= 11 is 5.38. The van der Waals surface area contributed by atoms with Crippen molar-refractivity contribution >= 4 is 28.7 Å². The lowest BCUT2D eigenvalue weighted by atomic mass is 10.1. The highest BCUT2D eigenvalue weighted by atomic mass is 32.1. The van der Waals surface area contributed by atoms with E-state index in [0.717, 1.165) is 30.1 Å². The van der Waals surface area contributed by atoms with Crippen LogP contribution in [0.5, 0.6) is 5.75 Å². The highest BCUT2D eigenvalue weighted by Crippen LogP contribution is 2.13. The number of hydrogen-bond donors (Lipinski definition) is 4. The van der Waals surface area contributed by atoms with Crippen LogP contribution in [-0.2, 0) is 6.42 Å². The Hall–Kier alpha value is -2.93. The first-order valence-corrected chi connectivity index (χ1v) is 10.8. The third-order valence-corrected chi connectivity index (χ3v) is 4.88. The fraction of sp³-hybridized carbons (Fsp3) is 0.240. The van der Waals surface area contributed by atoms with Gasteiger partial charge in [0.15, 0.2) is 5.11 Å². The number of anilines is 2. The van der Waals surface area contributed by atoms with E-state index in [2.05, 4.69) is 35.0 Å². The molecule has 0 aromatic heterocycles. The quantitative estimate of drug-likeness (QED) is 0.280. The molecular weight excluding hydrogens is 406 g/mol. The fourth-order valence-corrected chi connectivity index (χ4v) is 3.19. The molecule has 3 aromatic carbocycles. The summed E-state index contributed by atoms with van der Waals surface area (Å²) in [6.07, 6.45) is 0.326. The number of aliphatic hydroxyl groups excluding tert-OH is 1. The Labute approximate surface area is 189 Å². The molecular formula is C25H29N3O2S. The summed E-state index contributed by atoms with van der Waals surface area (Å²) in [5.74, 6) is 0.767. The van der Waals surface area contributed by atoms with Gasteiger partial charge >= 0.3 is 0 Å². The predicted molar refractivity (Wildman–Crippen MR) is 132 cm³/mol. The molecule has 31 heavy (non-hydrogen) atoms. The zero-order valence-electron chi connectivity index (χ0n) is 17.7. The third-order valence-electron chi connectivity index (χ3n) is 4.68. The third kappa shape index (κ3) is 8.38. The van der Waals surface area contributed by atoms with Gasteiger partial charge in [-0.2, -0.15) is 0 Å². The first-order chi connectivity index (χ1) is 15.1. The van der Waals surface area contributed by atoms with E-state index in [9.17, 15) is 5.11 Å². The number of ether oxygens (including phenoxy) is 1. The zero-order valence-corrected chi connectivity index (χ0v) is 18.5. The Kier molecular flexibility index (Phi) is 8.84. The van der Waals surface area contributed by atoms with Crippen molar-refractivity contribution in [2.45, 2.75) is 19.4 Å². The van der Waals surface area contributed by atoms with Crippen molar-refractivity contribution < 1.29 is 9.84 Å². The molecule has 0 bridgehead atoms. The molecule has 0 aliphatic carbocycles. The van der Waals surface area contributed by atoms with E-state index in [4.69, 9.17) is 17.0 Å². The maximum atomic E-state index is 10.0. The standard InChI is InChI=1S/C25H29N3O2S/c1-19-7-11-21(12-8-19)27-25(31)28-22-13-9-20(10-14-22)15-16-26-17-23(29)18-30-24-5-3-2-4-6-24/h2-14,23,26,29H,15-18H2,1H3,(H2,27,28,31)/t23-/m0/s1. The van der Waals surface area contributed by atoms with Crippen molar-refractivity contribution in [1.82, 2.24) is 5.32 Å². The number of rotatable bonds is 10. The molecule has 1 atom stereocenters. The van der Waals surface area contributed by atoms with Crippen LogP contribution in [0.25, 0.3) is 0 Å². The van der Waals surface area contributed by atoms with Gasteiger partial charge in [-0.3, -0.25) is 0 Å². The smallest absolute Gasteiger partial charge is 0.175 e. The Bertz CT molecular complexity index is 931. The minimum Gasteiger partial charge on any atom is -0.491 e. The molecule has 0 aliphatic heterocycles. The van der Waals surface area contributed by atoms with E-state index in [-0.39, 0.29) is 6.61 Å². The maximum absolute atomic E-state index is 10.0. The average molecular weight is 436 g/mol. The van der Waals surface area contributed by atoms with Crippen molar-refractivity contribution in [3.05, 3.63) is 90.0 Å². The molecule has 3 aromatic rings. The molecule has 6 heteroatoms. The molecule has 0 heterocycles. The summed E-state index contributed by atoms with van der Waals surface area (Å²) in [4.78, 5) is 0. The second-order valence-corrected chi connectivity index (χ2v) is 7.78. The minimum atomic E-state index is -0.547. The second kappa shape index (κ2) is 12.1. The zero-order chi connectivity index (χ0) is 21.9. The molecule has 4 N–H and O–H groups in total. The lowest BCUT2D eigenvalue weighted by Crippen LogP contribution is -2.32. The van der Waals surface area contributed by atoms with Crippen LogP contribution in [0.2, 0.25) is 0 Å². The van der Waals surface area contributed by atoms with Gasteiger partial charge in [-0.25, -0.2) is 0 Å². The summed E-state index contributed by atoms with van der Waals surface area (Å²) in [5, 5.41) is 20.2. The molecule has 0 unspecified atom stereocenters. The van der Waals surface area contributed by atoms with E-state index in [1.54, 1.807) is 0 Å². The summed E-state index contributed by atoms with van der Waals surface area (Å²) < 4.78 is 5.56. The average Bonchev–Trinajstić information content (AvgIpc) is 2.78. The van der Waals surface area contributed by atoms with Gasteiger partial charge in [0.2, 0.25) is 0 Å². The van der Waals surface area contributed by atoms with Crippen molar-refractivity contribution in [3.63, 3.8) is 0 Å². The number of aliphatic hydroxyl groups is 1. The number of nitrogens with one attached hydrogen (secondary N) is 3. The molecule has 3 rings (SSSR count). The Morgan fingerprint density at radius 1 is 0.903 bits per heavy atom. The van der Waals surface area contributed by atoms with Gasteiger partial charge in [0.25, 0.3) is 0 Å². The van der Waals surface area contributed by atoms with E-state index < -0.39 is 6.10 Å². The molecule has 0 aliphatic rings. The monoisotopic (exact) mass is 435 g/mol. The largest absolute Gasteiger partial charge is 0.491 e. The SMILES string of the molecule is Cc1ccc(NC(=S)Nc2ccc(CCNC[C@H](O)COc3ccccc3)cc2)cc1. The maximum Gasteiger partial charge on any atom is 0.175 e. The van der Waals surface area contributed by atoms with Gasteiger partial charge in [0, 0.05) is 17.9 Å². The molecule has 0 radical (unpaired) electrons. The van der Waals surface area contributed by atoms with Crippen LogP contribution in [-0.4, -0.2) is 36.0 Å². The second-order valence-electron chi connectivity index (χ2n) is 7.37. The Balaban J connectivity index is 1.32. The Morgan fingerprint density at radius 2 is 1.52 bits per heavy atom. The van der Waals surface area contributed by atoms with Crippen LogP contribution in [0.3, 0.4) is 0 Å². The normalized spacial score (nSPS) is 11.5. The van der Waals surface area contributed by atoms with Gasteiger partial charge in [-0.05, 0) is 74.1 Å². The van der Waals surface area contributed by atoms with E-state index in [0.29, 0.717) is 11.7 Å². The van der Waals surface area contributed by atoms with E-state index in [1.807, 2.05) is 66.7 Å². The summed E-state index contributed by atoms with van der Waals surface area (Å²) in [5.41, 5.74) is 4.33. The topological polar surface area (TPSA) is 65.5 Å². The van der Waals surface area contributed by atoms with Gasteiger partial charge in [-0.15, -0.1) is 0 Å². The summed E-state index contributed by atoms with van der Waals surface area (Å²) in [6.45, 7) is 3.60. The van der Waals surface area contributed by atoms with Crippen LogP contribution in [0, 0.1) is 6.92 Å². The fourth-order valence-electron chi connectivity index (χ4n) is 2.95. The minimum absolute atomic E-state index is 0.272. The predicted octanol–water partition coefficient (Wildman–Crippen LogP) is 4.38. The lowest BCUT2D eigenvalue weighted by molar-refractivity contribution is 0.106. The Morgan fingerprint density at radius 3 is 2.16 bits per heavy atom. The molecule has 162 valence electrons. The van der Waals surface area contributed by atoms with Gasteiger partial charge in [-0.1, -0.05) is 48.0 Å². The van der Waals surface area contributed by atoms with Crippen LogP contribution in [0.1, 0.15) is 11.1 Å². The van der Waals surface area contributed by atoms with E-state index in [1.165, 1.54) is 11.1 Å². The van der Waals surface area contributed by atoms with Crippen molar-refractivity contribution in [1.29, 1.82) is 0 Å². The number of hydrogen-bond acceptors (Lipinski definition) is 4. The first-order valence-electron chi connectivity index (χ1n) is 10.4. The van der Waals surface area contributed by atoms with Crippen molar-refractivity contribution in [2.75, 3.05) is 30.3 Å². The van der Waals surface area contributed by atoms with Crippen LogP contribution in [0.4, 0.5) is 11.4 Å². The van der Waals surface area contributed by atoms with Gasteiger partial charge in [0.05, 0.1) is 0 Å². The highest BCUT2D eigenvalue weighted by Gasteiger charge is 2.05. The first kappa shape index (κ1) is 22.7. The lowest BCUT2D eigenvalue weighted by Gasteiger charge is -2.13. The van der Waals surface area contributed by atoms with Crippen molar-refractivity contribution in [2.24, 2.45) is 0 Å². The van der Waals surface area contributed by atoms with Crippen molar-refractivity contribution in [3.8, 4) is 5.75 Å². The van der Waals surface area contributed by atoms with Crippen LogP contribution >= 0.6 is 12.2 Å². The molecule has 0 spiro atoms. The molecule has 0 amide bonds. The molecule has 5 nitrogen and oxygen atoms in total. The number of thiocarbonyl (C=S) groups is 1. The molecule has 0 saturated carbocycles. The number of aryl methyl sites for hydroxylation is 1. The number of benzene rings is 3. The molecule has 0 saturated heterocycles. The van der Waals surface area contributed by atoms with Gasteiger partial charge < -0.3 is 25.8 Å². The summed E-state index contributed by atoms with van der Waals surface area (Å²) in [7, 11) is 0. The summed E-state index contributed by atoms with van der Waals surface area (Å²) in [6, 6.07) is 25.8. The highest BCUT2D eigenvalue weighted by molar-refractivity contribution is 7.80. The number of para-hydroxylation sites is 1. The van der Waals surface area contributed by atoms with E-state index >= 15 is 0 Å². The van der Waals surface area contributed by atoms with Crippen LogP contribution in [0.15, 0.2) is 78.9 Å². The molecule has 0 fully saturated rings. The van der Waals surface area contributed by atoms with Gasteiger partial charge in [0.1, 0.15) is 18.5 Å².